The van der Waals surface area contributed by atoms with Gasteiger partial charge < -0.3 is 18.8 Å². The summed E-state index contributed by atoms with van der Waals surface area (Å²) in [4.78, 5) is 21.7. The van der Waals surface area contributed by atoms with Gasteiger partial charge in [-0.25, -0.2) is 4.98 Å². The molecule has 0 radical (unpaired) electrons. The molecule has 0 unspecified atom stereocenters. The summed E-state index contributed by atoms with van der Waals surface area (Å²) in [6.45, 7) is 7.29. The third kappa shape index (κ3) is 3.98. The van der Waals surface area contributed by atoms with Crippen molar-refractivity contribution in [2.24, 2.45) is 0 Å². The second-order valence-electron chi connectivity index (χ2n) is 6.11. The molecule has 0 fully saturated rings. The normalized spacial score (nSPS) is 11.2. The molecule has 0 atom stereocenters. The fourth-order valence-electron chi connectivity index (χ4n) is 2.99. The fraction of sp³-hybridized carbons (Fsp3) is 0.400. The summed E-state index contributed by atoms with van der Waals surface area (Å²) >= 11 is 1.41. The Balaban J connectivity index is 2.02. The molecule has 3 rings (SSSR count). The van der Waals surface area contributed by atoms with Gasteiger partial charge in [0.2, 0.25) is 0 Å². The maximum Gasteiger partial charge on any atom is 0.295 e. The third-order valence-corrected chi connectivity index (χ3v) is 5.73. The van der Waals surface area contributed by atoms with Gasteiger partial charge in [-0.1, -0.05) is 25.2 Å². The highest BCUT2D eigenvalue weighted by atomic mass is 32.1. The first kappa shape index (κ1) is 20.2. The van der Waals surface area contributed by atoms with Crippen molar-refractivity contribution in [1.29, 1.82) is 0 Å². The van der Waals surface area contributed by atoms with Crippen LogP contribution in [0.25, 0.3) is 10.2 Å². The van der Waals surface area contributed by atoms with E-state index < -0.39 is 0 Å². The minimum Gasteiger partial charge on any atom is -0.495 e. The monoisotopic (exact) mass is 403 g/mol. The molecule has 3 aromatic rings. The van der Waals surface area contributed by atoms with Crippen LogP contribution < -0.4 is 14.4 Å². The number of amides is 1. The van der Waals surface area contributed by atoms with Crippen molar-refractivity contribution in [3.05, 3.63) is 36.3 Å². The molecule has 2 aromatic heterocycles. The van der Waals surface area contributed by atoms with Gasteiger partial charge in [-0.3, -0.25) is 9.69 Å². The highest BCUT2D eigenvalue weighted by Gasteiger charge is 2.25. The predicted octanol–water partition coefficient (Wildman–Crippen LogP) is 3.90. The molecular weight excluding hydrogens is 378 g/mol. The summed E-state index contributed by atoms with van der Waals surface area (Å²) in [6.07, 6.45) is 1.50. The Morgan fingerprint density at radius 1 is 1.11 bits per heavy atom. The van der Waals surface area contributed by atoms with E-state index in [-0.39, 0.29) is 11.7 Å². The SMILES string of the molecule is CCN(CC)CCN(C(=O)c1ccco1)c1nc2c(OC)ccc(OC)c2s1. The van der Waals surface area contributed by atoms with Gasteiger partial charge in [0.1, 0.15) is 21.7 Å². The summed E-state index contributed by atoms with van der Waals surface area (Å²) in [6, 6.07) is 7.04. The highest BCUT2D eigenvalue weighted by Crippen LogP contribution is 2.40. The van der Waals surface area contributed by atoms with E-state index in [0.717, 1.165) is 24.3 Å². The lowest BCUT2D eigenvalue weighted by atomic mass is 10.3. The number of furan rings is 1. The van der Waals surface area contributed by atoms with E-state index in [1.165, 1.54) is 17.6 Å². The first-order valence-corrected chi connectivity index (χ1v) is 10.0. The van der Waals surface area contributed by atoms with Crippen LogP contribution in [0.15, 0.2) is 34.9 Å². The number of thiazole rings is 1. The van der Waals surface area contributed by atoms with E-state index in [2.05, 4.69) is 18.7 Å². The van der Waals surface area contributed by atoms with Gasteiger partial charge in [-0.05, 0) is 37.4 Å². The molecule has 2 heterocycles. The van der Waals surface area contributed by atoms with Crippen molar-refractivity contribution in [2.75, 3.05) is 45.3 Å². The number of likely N-dealkylation sites (N-methyl/N-ethyl adjacent to an activating group) is 1. The zero-order valence-electron chi connectivity index (χ0n) is 16.6. The molecule has 1 amide bonds. The molecule has 0 aliphatic carbocycles. The molecule has 8 heteroatoms. The lowest BCUT2D eigenvalue weighted by Crippen LogP contribution is -2.38. The number of anilines is 1. The van der Waals surface area contributed by atoms with Crippen LogP contribution in [-0.2, 0) is 0 Å². The van der Waals surface area contributed by atoms with Crippen molar-refractivity contribution in [1.82, 2.24) is 9.88 Å². The van der Waals surface area contributed by atoms with E-state index in [1.54, 1.807) is 31.3 Å². The van der Waals surface area contributed by atoms with Gasteiger partial charge in [0, 0.05) is 13.1 Å². The average Bonchev–Trinajstić information content (AvgIpc) is 3.40. The first-order valence-electron chi connectivity index (χ1n) is 9.22. The molecule has 28 heavy (non-hydrogen) atoms. The van der Waals surface area contributed by atoms with Gasteiger partial charge in [0.25, 0.3) is 5.91 Å². The Kier molecular flexibility index (Phi) is 6.53. The average molecular weight is 404 g/mol. The van der Waals surface area contributed by atoms with Gasteiger partial charge >= 0.3 is 0 Å². The van der Waals surface area contributed by atoms with Gasteiger partial charge in [-0.15, -0.1) is 0 Å². The summed E-state index contributed by atoms with van der Waals surface area (Å²) in [5.41, 5.74) is 0.682. The number of hydrogen-bond donors (Lipinski definition) is 0. The first-order chi connectivity index (χ1) is 13.6. The van der Waals surface area contributed by atoms with Crippen LogP contribution in [0, 0.1) is 0 Å². The van der Waals surface area contributed by atoms with Crippen LogP contribution in [0.5, 0.6) is 11.5 Å². The van der Waals surface area contributed by atoms with Crippen LogP contribution >= 0.6 is 11.3 Å². The Labute approximate surface area is 168 Å². The summed E-state index contributed by atoms with van der Waals surface area (Å²) < 4.78 is 17.1. The molecular formula is C20H25N3O4S. The number of fused-ring (bicyclic) bond motifs is 1. The number of hydrogen-bond acceptors (Lipinski definition) is 7. The van der Waals surface area contributed by atoms with E-state index in [1.807, 2.05) is 12.1 Å². The van der Waals surface area contributed by atoms with Crippen molar-refractivity contribution in [3.63, 3.8) is 0 Å². The van der Waals surface area contributed by atoms with Crippen LogP contribution in [0.1, 0.15) is 24.4 Å². The zero-order chi connectivity index (χ0) is 20.1. The van der Waals surface area contributed by atoms with E-state index in [0.29, 0.717) is 28.7 Å². The van der Waals surface area contributed by atoms with E-state index in [4.69, 9.17) is 18.9 Å². The minimum absolute atomic E-state index is 0.214. The van der Waals surface area contributed by atoms with Crippen LogP contribution in [0.2, 0.25) is 0 Å². The lowest BCUT2D eigenvalue weighted by molar-refractivity contribution is 0.0957. The number of rotatable bonds is 9. The summed E-state index contributed by atoms with van der Waals surface area (Å²) in [7, 11) is 3.22. The molecule has 0 saturated carbocycles. The van der Waals surface area contributed by atoms with Crippen molar-refractivity contribution in [2.45, 2.75) is 13.8 Å². The molecule has 0 N–H and O–H groups in total. The summed E-state index contributed by atoms with van der Waals surface area (Å²) in [5.74, 6) is 1.42. The molecule has 0 aliphatic heterocycles. The van der Waals surface area contributed by atoms with Crippen molar-refractivity contribution < 1.29 is 18.7 Å². The van der Waals surface area contributed by atoms with Crippen molar-refractivity contribution >= 4 is 32.6 Å². The number of carbonyl (C=O) groups is 1. The molecule has 0 bridgehead atoms. The quantitative estimate of drug-likeness (QED) is 0.540. The number of carbonyl (C=O) groups excluding carboxylic acids is 1. The molecule has 1 aromatic carbocycles. The second kappa shape index (κ2) is 9.07. The number of ether oxygens (including phenoxy) is 2. The maximum absolute atomic E-state index is 13.1. The standard InChI is InChI=1S/C20H25N3O4S/c1-5-22(6-2)11-12-23(19(24)16-8-7-13-27-16)20-21-17-14(25-3)9-10-15(26-4)18(17)28-20/h7-10,13H,5-6,11-12H2,1-4H3. The van der Waals surface area contributed by atoms with E-state index in [9.17, 15) is 4.79 Å². The molecule has 0 spiro atoms. The maximum atomic E-state index is 13.1. The Morgan fingerprint density at radius 2 is 1.82 bits per heavy atom. The third-order valence-electron chi connectivity index (χ3n) is 4.64. The van der Waals surface area contributed by atoms with Crippen LogP contribution in [-0.4, -0.2) is 56.2 Å². The molecule has 7 nitrogen and oxygen atoms in total. The second-order valence-corrected chi connectivity index (χ2v) is 7.08. The van der Waals surface area contributed by atoms with Gasteiger partial charge in [0.05, 0.1) is 20.5 Å². The Morgan fingerprint density at radius 3 is 2.43 bits per heavy atom. The van der Waals surface area contributed by atoms with Crippen molar-refractivity contribution in [3.8, 4) is 11.5 Å². The van der Waals surface area contributed by atoms with Gasteiger partial charge in [0.15, 0.2) is 10.9 Å². The smallest absolute Gasteiger partial charge is 0.295 e. The number of nitrogens with zero attached hydrogens (tertiary/aromatic N) is 3. The molecule has 0 saturated heterocycles. The largest absolute Gasteiger partial charge is 0.495 e. The number of methoxy groups -OCH3 is 2. The molecule has 150 valence electrons. The highest BCUT2D eigenvalue weighted by molar-refractivity contribution is 7.22. The number of benzene rings is 1. The lowest BCUT2D eigenvalue weighted by Gasteiger charge is -2.24. The zero-order valence-corrected chi connectivity index (χ0v) is 17.4. The van der Waals surface area contributed by atoms with Gasteiger partial charge in [-0.2, -0.15) is 0 Å². The topological polar surface area (TPSA) is 68.0 Å². The fourth-order valence-corrected chi connectivity index (χ4v) is 4.09. The Bertz CT molecular complexity index is 878. The molecule has 0 aliphatic rings. The Hall–Kier alpha value is -2.58. The van der Waals surface area contributed by atoms with Crippen LogP contribution in [0.4, 0.5) is 5.13 Å². The van der Waals surface area contributed by atoms with Crippen LogP contribution in [0.3, 0.4) is 0 Å². The predicted molar refractivity (Wildman–Crippen MR) is 111 cm³/mol. The summed E-state index contributed by atoms with van der Waals surface area (Å²) in [5, 5.41) is 0.589. The number of aromatic nitrogens is 1. The minimum atomic E-state index is -0.214. The van der Waals surface area contributed by atoms with E-state index >= 15 is 0 Å².